The molecule has 0 unspecified atom stereocenters. The topological polar surface area (TPSA) is 63.2 Å². The van der Waals surface area contributed by atoms with Crippen LogP contribution in [0.5, 0.6) is 5.75 Å². The summed E-state index contributed by atoms with van der Waals surface area (Å²) in [5.41, 5.74) is 3.85. The van der Waals surface area contributed by atoms with E-state index < -0.39 is 0 Å². The minimum atomic E-state index is -0.196. The van der Waals surface area contributed by atoms with Gasteiger partial charge in [-0.25, -0.2) is 0 Å². The third-order valence-electron chi connectivity index (χ3n) is 3.60. The summed E-state index contributed by atoms with van der Waals surface area (Å²) in [5, 5.41) is 6.24. The molecule has 5 heteroatoms. The molecule has 2 N–H and O–H groups in total. The van der Waals surface area contributed by atoms with Crippen LogP contribution in [0.15, 0.2) is 36.7 Å². The molecule has 2 aromatic rings. The van der Waals surface area contributed by atoms with Gasteiger partial charge in [0.2, 0.25) is 0 Å². The van der Waals surface area contributed by atoms with E-state index in [1.807, 2.05) is 12.1 Å². The van der Waals surface area contributed by atoms with E-state index in [9.17, 15) is 4.79 Å². The van der Waals surface area contributed by atoms with Gasteiger partial charge < -0.3 is 15.4 Å². The number of nitrogens with one attached hydrogen (secondary N) is 2. The van der Waals surface area contributed by atoms with Crippen molar-refractivity contribution in [2.75, 3.05) is 19.0 Å². The molecule has 1 aliphatic heterocycles. The molecule has 1 aromatic carbocycles. The van der Waals surface area contributed by atoms with E-state index in [2.05, 4.69) is 21.7 Å². The molecule has 0 bridgehead atoms. The molecule has 1 aromatic heterocycles. The molecule has 108 valence electrons. The Bertz CT molecular complexity index is 670. The lowest BCUT2D eigenvalue weighted by molar-refractivity contribution is 0.102. The number of carbonyl (C=O) groups is 1. The molecule has 5 nitrogen and oxygen atoms in total. The standard InChI is InChI=1S/C16H17N3O2/c1-21-15-10-18-7-5-14(15)16(20)19-13-3-2-11-4-6-17-9-12(11)8-13/h2-3,5,7-8,10,17H,4,6,9H2,1H3,(H,19,20). The zero-order valence-electron chi connectivity index (χ0n) is 11.8. The van der Waals surface area contributed by atoms with Crippen LogP contribution >= 0.6 is 0 Å². The van der Waals surface area contributed by atoms with Gasteiger partial charge in [0.25, 0.3) is 5.91 Å². The van der Waals surface area contributed by atoms with Crippen molar-refractivity contribution in [3.8, 4) is 5.75 Å². The normalized spacial score (nSPS) is 13.4. The van der Waals surface area contributed by atoms with Crippen molar-refractivity contribution in [3.63, 3.8) is 0 Å². The van der Waals surface area contributed by atoms with Crippen LogP contribution in [0.4, 0.5) is 5.69 Å². The zero-order chi connectivity index (χ0) is 14.7. The Labute approximate surface area is 123 Å². The Kier molecular flexibility index (Phi) is 3.83. The summed E-state index contributed by atoms with van der Waals surface area (Å²) in [6.45, 7) is 1.85. The minimum Gasteiger partial charge on any atom is -0.494 e. The average Bonchev–Trinajstić information content (AvgIpc) is 2.54. The smallest absolute Gasteiger partial charge is 0.259 e. The van der Waals surface area contributed by atoms with Crippen LogP contribution in [0.2, 0.25) is 0 Å². The van der Waals surface area contributed by atoms with E-state index in [1.165, 1.54) is 24.4 Å². The monoisotopic (exact) mass is 283 g/mol. The molecular weight excluding hydrogens is 266 g/mol. The Balaban J connectivity index is 1.81. The van der Waals surface area contributed by atoms with Gasteiger partial charge in [-0.3, -0.25) is 9.78 Å². The van der Waals surface area contributed by atoms with Gasteiger partial charge in [-0.2, -0.15) is 0 Å². The van der Waals surface area contributed by atoms with Crippen LogP contribution in [0.3, 0.4) is 0 Å². The largest absolute Gasteiger partial charge is 0.494 e. The molecule has 0 atom stereocenters. The number of benzene rings is 1. The van der Waals surface area contributed by atoms with Gasteiger partial charge in [-0.15, -0.1) is 0 Å². The summed E-state index contributed by atoms with van der Waals surface area (Å²) in [4.78, 5) is 16.3. The third kappa shape index (κ3) is 2.87. The zero-order valence-corrected chi connectivity index (χ0v) is 11.8. The molecule has 1 aliphatic rings. The SMILES string of the molecule is COc1cnccc1C(=O)Nc1ccc2c(c1)CNCC2. The number of amides is 1. The van der Waals surface area contributed by atoms with E-state index in [0.717, 1.165) is 25.2 Å². The van der Waals surface area contributed by atoms with Crippen LogP contribution in [0, 0.1) is 0 Å². The number of hydrogen-bond acceptors (Lipinski definition) is 4. The first-order valence-electron chi connectivity index (χ1n) is 6.90. The summed E-state index contributed by atoms with van der Waals surface area (Å²) in [6.07, 6.45) is 4.14. The van der Waals surface area contributed by atoms with E-state index in [1.54, 1.807) is 12.3 Å². The van der Waals surface area contributed by atoms with E-state index in [4.69, 9.17) is 4.74 Å². The summed E-state index contributed by atoms with van der Waals surface area (Å²) in [6, 6.07) is 7.69. The Morgan fingerprint density at radius 1 is 1.33 bits per heavy atom. The van der Waals surface area contributed by atoms with Crippen LogP contribution in [-0.2, 0) is 13.0 Å². The lowest BCUT2D eigenvalue weighted by Gasteiger charge is -2.18. The number of hydrogen-bond donors (Lipinski definition) is 2. The number of rotatable bonds is 3. The number of pyridine rings is 1. The number of ether oxygens (including phenoxy) is 1. The second-order valence-electron chi connectivity index (χ2n) is 4.94. The highest BCUT2D eigenvalue weighted by Gasteiger charge is 2.14. The van der Waals surface area contributed by atoms with Crippen LogP contribution in [0.25, 0.3) is 0 Å². The Morgan fingerprint density at radius 3 is 3.10 bits per heavy atom. The van der Waals surface area contributed by atoms with Crippen molar-refractivity contribution in [1.29, 1.82) is 0 Å². The molecule has 0 radical (unpaired) electrons. The van der Waals surface area contributed by atoms with E-state index in [-0.39, 0.29) is 5.91 Å². The van der Waals surface area contributed by atoms with Gasteiger partial charge in [0.05, 0.1) is 18.9 Å². The second-order valence-corrected chi connectivity index (χ2v) is 4.94. The van der Waals surface area contributed by atoms with Crippen LogP contribution < -0.4 is 15.4 Å². The van der Waals surface area contributed by atoms with Crippen molar-refractivity contribution < 1.29 is 9.53 Å². The maximum Gasteiger partial charge on any atom is 0.259 e. The van der Waals surface area contributed by atoms with Gasteiger partial charge in [0.15, 0.2) is 0 Å². The lowest BCUT2D eigenvalue weighted by atomic mass is 10.0. The third-order valence-corrected chi connectivity index (χ3v) is 3.60. The van der Waals surface area contributed by atoms with Gasteiger partial charge >= 0.3 is 0 Å². The van der Waals surface area contributed by atoms with Crippen LogP contribution in [0.1, 0.15) is 21.5 Å². The predicted octanol–water partition coefficient (Wildman–Crippen LogP) is 1.99. The fourth-order valence-electron chi connectivity index (χ4n) is 2.49. The number of fused-ring (bicyclic) bond motifs is 1. The Morgan fingerprint density at radius 2 is 2.24 bits per heavy atom. The number of nitrogens with zero attached hydrogens (tertiary/aromatic N) is 1. The highest BCUT2D eigenvalue weighted by atomic mass is 16.5. The first-order valence-corrected chi connectivity index (χ1v) is 6.90. The molecule has 0 spiro atoms. The molecule has 0 saturated carbocycles. The minimum absolute atomic E-state index is 0.196. The molecule has 1 amide bonds. The maximum atomic E-state index is 12.3. The number of carbonyl (C=O) groups excluding carboxylic acids is 1. The average molecular weight is 283 g/mol. The van der Waals surface area contributed by atoms with Gasteiger partial charge in [0, 0.05) is 18.4 Å². The summed E-state index contributed by atoms with van der Waals surface area (Å²) < 4.78 is 5.16. The summed E-state index contributed by atoms with van der Waals surface area (Å²) in [5.74, 6) is 0.271. The van der Waals surface area contributed by atoms with E-state index in [0.29, 0.717) is 11.3 Å². The summed E-state index contributed by atoms with van der Waals surface area (Å²) in [7, 11) is 1.53. The molecule has 0 aliphatic carbocycles. The van der Waals surface area contributed by atoms with Crippen molar-refractivity contribution in [1.82, 2.24) is 10.3 Å². The summed E-state index contributed by atoms with van der Waals surface area (Å²) >= 11 is 0. The Hall–Kier alpha value is -2.40. The first-order chi connectivity index (χ1) is 10.3. The maximum absolute atomic E-state index is 12.3. The lowest BCUT2D eigenvalue weighted by Crippen LogP contribution is -2.23. The molecule has 0 saturated heterocycles. The molecule has 0 fully saturated rings. The highest BCUT2D eigenvalue weighted by Crippen LogP contribution is 2.21. The van der Waals surface area contributed by atoms with Crippen LogP contribution in [-0.4, -0.2) is 24.5 Å². The quantitative estimate of drug-likeness (QED) is 0.904. The molecular formula is C16H17N3O2. The fourth-order valence-corrected chi connectivity index (χ4v) is 2.49. The number of methoxy groups -OCH3 is 1. The fraction of sp³-hybridized carbons (Fsp3) is 0.250. The first kappa shape index (κ1) is 13.6. The van der Waals surface area contributed by atoms with Crippen molar-refractivity contribution in [2.45, 2.75) is 13.0 Å². The second kappa shape index (κ2) is 5.93. The predicted molar refractivity (Wildman–Crippen MR) is 80.6 cm³/mol. The number of aromatic nitrogens is 1. The van der Waals surface area contributed by atoms with Gasteiger partial charge in [-0.1, -0.05) is 6.07 Å². The van der Waals surface area contributed by atoms with Gasteiger partial charge in [-0.05, 0) is 42.3 Å². The van der Waals surface area contributed by atoms with E-state index >= 15 is 0 Å². The molecule has 21 heavy (non-hydrogen) atoms. The van der Waals surface area contributed by atoms with Crippen molar-refractivity contribution in [2.24, 2.45) is 0 Å². The molecule has 3 rings (SSSR count). The molecule has 2 heterocycles. The van der Waals surface area contributed by atoms with Crippen molar-refractivity contribution >= 4 is 11.6 Å². The van der Waals surface area contributed by atoms with Crippen molar-refractivity contribution in [3.05, 3.63) is 53.3 Å². The van der Waals surface area contributed by atoms with Gasteiger partial charge in [0.1, 0.15) is 5.75 Å². The number of anilines is 1. The highest BCUT2D eigenvalue weighted by molar-refractivity contribution is 6.06.